The number of nitrogens with one attached hydrogen (secondary N) is 1. The zero-order valence-corrected chi connectivity index (χ0v) is 20.5. The number of hydrogen-bond donors (Lipinski definition) is 1. The molecule has 1 aromatic carbocycles. The number of fused-ring (bicyclic) bond motifs is 1. The Hall–Kier alpha value is -3.36. The van der Waals surface area contributed by atoms with Crippen molar-refractivity contribution in [1.82, 2.24) is 20.0 Å². The lowest BCUT2D eigenvalue weighted by molar-refractivity contribution is -0.127. The third-order valence-electron chi connectivity index (χ3n) is 6.58. The van der Waals surface area contributed by atoms with Gasteiger partial charge in [-0.3, -0.25) is 14.3 Å². The number of amides is 2. The van der Waals surface area contributed by atoms with Crippen molar-refractivity contribution in [3.63, 3.8) is 0 Å². The number of carbonyl (C=O) groups excluding carboxylic acids is 3. The number of nitrogens with zero attached hydrogens (tertiary/aromatic N) is 3. The van der Waals surface area contributed by atoms with Crippen LogP contribution >= 0.6 is 0 Å². The number of ether oxygens (including phenoxy) is 2. The minimum Gasteiger partial charge on any atom is -0.494 e. The number of para-hydroxylation sites is 1. The van der Waals surface area contributed by atoms with Crippen molar-refractivity contribution in [3.8, 4) is 5.75 Å². The second kappa shape index (κ2) is 11.4. The molecule has 1 fully saturated rings. The second-order valence-corrected chi connectivity index (χ2v) is 9.00. The Morgan fingerprint density at radius 2 is 1.83 bits per heavy atom. The molecule has 0 saturated heterocycles. The molecule has 0 spiro atoms. The van der Waals surface area contributed by atoms with Gasteiger partial charge in [-0.15, -0.1) is 0 Å². The van der Waals surface area contributed by atoms with E-state index in [1.165, 1.54) is 23.6 Å². The average Bonchev–Trinajstić information content (AvgIpc) is 3.12. The van der Waals surface area contributed by atoms with Crippen LogP contribution in [0.15, 0.2) is 30.3 Å². The lowest BCUT2D eigenvalue weighted by Gasteiger charge is -2.36. The maximum atomic E-state index is 13.6. The van der Waals surface area contributed by atoms with Crippen molar-refractivity contribution >= 4 is 17.8 Å². The summed E-state index contributed by atoms with van der Waals surface area (Å²) in [5.74, 6) is -0.462. The van der Waals surface area contributed by atoms with Crippen molar-refractivity contribution in [1.29, 1.82) is 0 Å². The highest BCUT2D eigenvalue weighted by molar-refractivity contribution is 5.99. The zero-order valence-electron chi connectivity index (χ0n) is 20.5. The first kappa shape index (κ1) is 24.8. The van der Waals surface area contributed by atoms with Gasteiger partial charge in [0.25, 0.3) is 5.91 Å². The minimum absolute atomic E-state index is 0.0645. The molecule has 0 bridgehead atoms. The number of benzene rings is 1. The van der Waals surface area contributed by atoms with Crippen LogP contribution in [0.1, 0.15) is 78.9 Å². The van der Waals surface area contributed by atoms with E-state index in [1.54, 1.807) is 11.8 Å². The van der Waals surface area contributed by atoms with E-state index in [1.807, 2.05) is 31.2 Å². The van der Waals surface area contributed by atoms with Gasteiger partial charge in [-0.1, -0.05) is 43.9 Å². The monoisotopic (exact) mass is 482 g/mol. The first-order chi connectivity index (χ1) is 17.0. The lowest BCUT2D eigenvalue weighted by Crippen LogP contribution is -2.56. The SMILES string of the molecule is CCOC(=O)c1cc2n(n1)CC(C(=O)NC1CCCCCC1)N(Cc1ccccc1OCC)C2=O. The van der Waals surface area contributed by atoms with Gasteiger partial charge in [0, 0.05) is 17.7 Å². The van der Waals surface area contributed by atoms with Gasteiger partial charge in [0.1, 0.15) is 17.5 Å². The maximum Gasteiger partial charge on any atom is 0.358 e. The Balaban J connectivity index is 1.64. The first-order valence-electron chi connectivity index (χ1n) is 12.6. The molecule has 1 unspecified atom stereocenters. The van der Waals surface area contributed by atoms with Gasteiger partial charge in [-0.05, 0) is 32.8 Å². The molecular formula is C26H34N4O5. The standard InChI is InChI=1S/C26H34N4O5/c1-3-34-23-14-10-9-11-18(23)16-29-22(24(31)27-19-12-7-5-6-8-13-19)17-30-21(25(29)32)15-20(28-30)26(33)35-4-2/h9-11,14-15,19,22H,3-8,12-13,16-17H2,1-2H3,(H,27,31). The van der Waals surface area contributed by atoms with Crippen molar-refractivity contribution in [2.24, 2.45) is 0 Å². The number of hydrogen-bond acceptors (Lipinski definition) is 6. The van der Waals surface area contributed by atoms with E-state index in [4.69, 9.17) is 9.47 Å². The fourth-order valence-electron chi connectivity index (χ4n) is 4.83. The highest BCUT2D eigenvalue weighted by Crippen LogP contribution is 2.26. The molecule has 1 aliphatic heterocycles. The van der Waals surface area contributed by atoms with E-state index in [9.17, 15) is 14.4 Å². The Bertz CT molecular complexity index is 1060. The third kappa shape index (κ3) is 5.66. The van der Waals surface area contributed by atoms with Crippen LogP contribution in [0, 0.1) is 0 Å². The molecule has 1 N–H and O–H groups in total. The minimum atomic E-state index is -0.761. The molecule has 9 heteroatoms. The van der Waals surface area contributed by atoms with Crippen LogP contribution < -0.4 is 10.1 Å². The summed E-state index contributed by atoms with van der Waals surface area (Å²) in [6, 6.07) is 8.31. The molecule has 2 heterocycles. The van der Waals surface area contributed by atoms with Crippen molar-refractivity contribution in [2.45, 2.75) is 77.5 Å². The molecule has 188 valence electrons. The number of carbonyl (C=O) groups is 3. The number of esters is 1. The van der Waals surface area contributed by atoms with E-state index in [0.29, 0.717) is 12.4 Å². The Kier molecular flexibility index (Phi) is 8.05. The van der Waals surface area contributed by atoms with Crippen LogP contribution in [0.5, 0.6) is 5.75 Å². The van der Waals surface area contributed by atoms with Crippen molar-refractivity contribution < 1.29 is 23.9 Å². The van der Waals surface area contributed by atoms with E-state index in [-0.39, 0.29) is 48.9 Å². The molecular weight excluding hydrogens is 448 g/mol. The van der Waals surface area contributed by atoms with Crippen LogP contribution in [0.4, 0.5) is 0 Å². The maximum absolute atomic E-state index is 13.6. The van der Waals surface area contributed by atoms with E-state index in [2.05, 4.69) is 10.4 Å². The molecule has 35 heavy (non-hydrogen) atoms. The summed E-state index contributed by atoms with van der Waals surface area (Å²) in [4.78, 5) is 41.0. The molecule has 1 aromatic heterocycles. The molecule has 1 aliphatic carbocycles. The van der Waals surface area contributed by atoms with Crippen molar-refractivity contribution in [2.75, 3.05) is 13.2 Å². The summed E-state index contributed by atoms with van der Waals surface area (Å²) in [5.41, 5.74) is 1.14. The van der Waals surface area contributed by atoms with Gasteiger partial charge in [0.2, 0.25) is 5.91 Å². The molecule has 2 aliphatic rings. The summed E-state index contributed by atoms with van der Waals surface area (Å²) in [6.07, 6.45) is 6.43. The predicted molar refractivity (Wildman–Crippen MR) is 129 cm³/mol. The largest absolute Gasteiger partial charge is 0.494 e. The van der Waals surface area contributed by atoms with E-state index in [0.717, 1.165) is 31.2 Å². The summed E-state index contributed by atoms with van der Waals surface area (Å²) < 4.78 is 12.3. The highest BCUT2D eigenvalue weighted by Gasteiger charge is 2.39. The molecule has 1 atom stereocenters. The van der Waals surface area contributed by atoms with Gasteiger partial charge in [-0.25, -0.2) is 4.79 Å². The van der Waals surface area contributed by atoms with Crippen LogP contribution in [0.25, 0.3) is 0 Å². The average molecular weight is 483 g/mol. The number of aromatic nitrogens is 2. The quantitative estimate of drug-likeness (QED) is 0.457. The molecule has 9 nitrogen and oxygen atoms in total. The predicted octanol–water partition coefficient (Wildman–Crippen LogP) is 3.32. The first-order valence-corrected chi connectivity index (χ1v) is 12.6. The molecule has 4 rings (SSSR count). The number of rotatable bonds is 8. The van der Waals surface area contributed by atoms with Crippen LogP contribution in [-0.4, -0.2) is 57.8 Å². The summed E-state index contributed by atoms with van der Waals surface area (Å²) in [5, 5.41) is 7.48. The van der Waals surface area contributed by atoms with E-state index >= 15 is 0 Å². The van der Waals surface area contributed by atoms with Gasteiger partial charge < -0.3 is 19.7 Å². The topological polar surface area (TPSA) is 103 Å². The molecule has 2 amide bonds. The lowest BCUT2D eigenvalue weighted by atomic mass is 10.1. The summed E-state index contributed by atoms with van der Waals surface area (Å²) in [6.45, 7) is 4.69. The summed E-state index contributed by atoms with van der Waals surface area (Å²) >= 11 is 0. The fourth-order valence-corrected chi connectivity index (χ4v) is 4.83. The van der Waals surface area contributed by atoms with E-state index < -0.39 is 12.0 Å². The molecule has 2 aromatic rings. The highest BCUT2D eigenvalue weighted by atomic mass is 16.5. The molecule has 0 radical (unpaired) electrons. The van der Waals surface area contributed by atoms with Gasteiger partial charge >= 0.3 is 5.97 Å². The molecule has 1 saturated carbocycles. The Labute approximate surface area is 205 Å². The third-order valence-corrected chi connectivity index (χ3v) is 6.58. The smallest absolute Gasteiger partial charge is 0.358 e. The Morgan fingerprint density at radius 3 is 2.54 bits per heavy atom. The van der Waals surface area contributed by atoms with Gasteiger partial charge in [0.05, 0.1) is 26.3 Å². The van der Waals surface area contributed by atoms with Crippen LogP contribution in [-0.2, 0) is 22.6 Å². The fraction of sp³-hybridized carbons (Fsp3) is 0.538. The normalized spacial score (nSPS) is 18.5. The van der Waals surface area contributed by atoms with Crippen molar-refractivity contribution in [3.05, 3.63) is 47.3 Å². The zero-order chi connectivity index (χ0) is 24.8. The van der Waals surface area contributed by atoms with Crippen LogP contribution in [0.2, 0.25) is 0 Å². The van der Waals surface area contributed by atoms with Gasteiger partial charge in [-0.2, -0.15) is 5.10 Å². The van der Waals surface area contributed by atoms with Gasteiger partial charge in [0.15, 0.2) is 5.69 Å². The summed E-state index contributed by atoms with van der Waals surface area (Å²) in [7, 11) is 0. The Morgan fingerprint density at radius 1 is 1.09 bits per heavy atom. The second-order valence-electron chi connectivity index (χ2n) is 9.00. The van der Waals surface area contributed by atoms with Crippen LogP contribution in [0.3, 0.4) is 0 Å².